The Labute approximate surface area is 99.1 Å². The normalized spacial score (nSPS) is 10.6. The molecule has 0 radical (unpaired) electrons. The van der Waals surface area contributed by atoms with Gasteiger partial charge >= 0.3 is 5.63 Å². The molecule has 3 nitrogen and oxygen atoms in total. The lowest BCUT2D eigenvalue weighted by molar-refractivity contribution is -0.118. The predicted octanol–water partition coefficient (Wildman–Crippen LogP) is 2.70. The van der Waals surface area contributed by atoms with Gasteiger partial charge < -0.3 is 4.42 Å². The Balaban J connectivity index is 2.45. The van der Waals surface area contributed by atoms with Crippen LogP contribution in [-0.4, -0.2) is 5.78 Å². The molecule has 88 valence electrons. The Hall–Kier alpha value is -1.90. The van der Waals surface area contributed by atoms with Crippen LogP contribution in [0.3, 0.4) is 0 Å². The highest BCUT2D eigenvalue weighted by molar-refractivity contribution is 5.87. The van der Waals surface area contributed by atoms with Crippen LogP contribution in [0.2, 0.25) is 0 Å². The minimum absolute atomic E-state index is 0.156. The molecule has 0 fully saturated rings. The quantitative estimate of drug-likeness (QED) is 0.759. The molecule has 2 rings (SSSR count). The van der Waals surface area contributed by atoms with Gasteiger partial charge in [-0.05, 0) is 18.1 Å². The van der Waals surface area contributed by atoms with Gasteiger partial charge in [0.2, 0.25) is 0 Å². The number of carbonyl (C=O) groups excluding carboxylic acids is 1. The first-order valence-electron chi connectivity index (χ1n) is 5.74. The summed E-state index contributed by atoms with van der Waals surface area (Å²) in [6.07, 6.45) is 1.69. The minimum Gasteiger partial charge on any atom is -0.423 e. The smallest absolute Gasteiger partial charge is 0.336 e. The third-order valence-electron chi connectivity index (χ3n) is 2.65. The summed E-state index contributed by atoms with van der Waals surface area (Å²) in [5, 5.41) is 0.844. The number of carbonyl (C=O) groups is 1. The lowest BCUT2D eigenvalue weighted by atomic mass is 10.0. The van der Waals surface area contributed by atoms with Crippen molar-refractivity contribution in [2.45, 2.75) is 26.2 Å². The van der Waals surface area contributed by atoms with Crippen molar-refractivity contribution in [2.75, 3.05) is 0 Å². The molecule has 3 heteroatoms. The summed E-state index contributed by atoms with van der Waals surface area (Å²) in [6, 6.07) is 8.70. The molecular weight excluding hydrogens is 216 g/mol. The molecule has 2 aromatic rings. The number of hydrogen-bond donors (Lipinski definition) is 0. The zero-order valence-corrected chi connectivity index (χ0v) is 9.73. The second kappa shape index (κ2) is 4.95. The van der Waals surface area contributed by atoms with Crippen molar-refractivity contribution < 1.29 is 9.21 Å². The number of para-hydroxylation sites is 1. The molecule has 0 atom stereocenters. The molecule has 0 aliphatic rings. The van der Waals surface area contributed by atoms with Gasteiger partial charge in [0.05, 0.1) is 0 Å². The summed E-state index contributed by atoms with van der Waals surface area (Å²) in [5.41, 5.74) is 0.901. The number of hydrogen-bond acceptors (Lipinski definition) is 3. The van der Waals surface area contributed by atoms with E-state index < -0.39 is 5.63 Å². The average molecular weight is 230 g/mol. The highest BCUT2D eigenvalue weighted by atomic mass is 16.4. The highest BCUT2D eigenvalue weighted by Gasteiger charge is 2.08. The van der Waals surface area contributed by atoms with Crippen molar-refractivity contribution in [1.29, 1.82) is 0 Å². The molecule has 0 bridgehead atoms. The maximum Gasteiger partial charge on any atom is 0.336 e. The van der Waals surface area contributed by atoms with Gasteiger partial charge in [0.25, 0.3) is 0 Å². The van der Waals surface area contributed by atoms with Gasteiger partial charge in [0.15, 0.2) is 0 Å². The summed E-state index contributed by atoms with van der Waals surface area (Å²) in [5.74, 6) is 0.156. The van der Waals surface area contributed by atoms with Crippen molar-refractivity contribution in [3.63, 3.8) is 0 Å². The van der Waals surface area contributed by atoms with Crippen LogP contribution in [0, 0.1) is 0 Å². The van der Waals surface area contributed by atoms with Crippen LogP contribution in [0.1, 0.15) is 25.3 Å². The van der Waals surface area contributed by atoms with E-state index in [9.17, 15) is 9.59 Å². The van der Waals surface area contributed by atoms with E-state index in [0.717, 1.165) is 17.4 Å². The van der Waals surface area contributed by atoms with Crippen LogP contribution in [0.5, 0.6) is 0 Å². The number of ketones is 1. The summed E-state index contributed by atoms with van der Waals surface area (Å²) >= 11 is 0. The number of Topliss-reactive ketones (excluding diaryl/α,β-unsaturated/α-hetero) is 1. The van der Waals surface area contributed by atoms with E-state index in [-0.39, 0.29) is 5.78 Å². The van der Waals surface area contributed by atoms with Crippen molar-refractivity contribution in [3.05, 3.63) is 46.3 Å². The molecular formula is C14H14O3. The van der Waals surface area contributed by atoms with E-state index in [0.29, 0.717) is 18.4 Å². The Morgan fingerprint density at radius 3 is 2.82 bits per heavy atom. The molecule has 1 aromatic carbocycles. The second-order valence-electron chi connectivity index (χ2n) is 4.05. The fourth-order valence-corrected chi connectivity index (χ4v) is 1.90. The first-order valence-corrected chi connectivity index (χ1v) is 5.74. The Kier molecular flexibility index (Phi) is 3.38. The zero-order valence-electron chi connectivity index (χ0n) is 9.73. The number of rotatable bonds is 4. The first-order chi connectivity index (χ1) is 8.20. The van der Waals surface area contributed by atoms with Crippen LogP contribution in [0.4, 0.5) is 0 Å². The van der Waals surface area contributed by atoms with Crippen molar-refractivity contribution in [1.82, 2.24) is 0 Å². The fourth-order valence-electron chi connectivity index (χ4n) is 1.90. The lowest BCUT2D eigenvalue weighted by Crippen LogP contribution is -2.06. The van der Waals surface area contributed by atoms with Gasteiger partial charge in [-0.15, -0.1) is 0 Å². The molecule has 0 aliphatic carbocycles. The molecule has 0 N–H and O–H groups in total. The Morgan fingerprint density at radius 2 is 2.06 bits per heavy atom. The van der Waals surface area contributed by atoms with Crippen LogP contribution in [0.25, 0.3) is 11.0 Å². The highest BCUT2D eigenvalue weighted by Crippen LogP contribution is 2.17. The standard InChI is InChI=1S/C14H14O3/c1-2-5-11(15)8-10-9-14(16)17-13-7-4-3-6-12(10)13/h3-4,6-7,9H,2,5,8H2,1H3. The number of benzene rings is 1. The predicted molar refractivity (Wildman–Crippen MR) is 66.1 cm³/mol. The molecule has 0 saturated heterocycles. The number of fused-ring (bicyclic) bond motifs is 1. The molecule has 0 unspecified atom stereocenters. The second-order valence-corrected chi connectivity index (χ2v) is 4.05. The van der Waals surface area contributed by atoms with Crippen molar-refractivity contribution >= 4 is 16.8 Å². The maximum atomic E-state index is 11.6. The lowest BCUT2D eigenvalue weighted by Gasteiger charge is -2.03. The maximum absolute atomic E-state index is 11.6. The van der Waals surface area contributed by atoms with Crippen molar-refractivity contribution in [3.8, 4) is 0 Å². The summed E-state index contributed by atoms with van der Waals surface area (Å²) in [7, 11) is 0. The molecule has 1 heterocycles. The zero-order chi connectivity index (χ0) is 12.3. The molecule has 1 aromatic heterocycles. The van der Waals surface area contributed by atoms with Gasteiger partial charge in [-0.3, -0.25) is 4.79 Å². The average Bonchev–Trinajstić information content (AvgIpc) is 2.29. The van der Waals surface area contributed by atoms with Gasteiger partial charge in [-0.2, -0.15) is 0 Å². The van der Waals surface area contributed by atoms with Gasteiger partial charge in [0, 0.05) is 24.3 Å². The topological polar surface area (TPSA) is 47.3 Å². The molecule has 0 amide bonds. The molecule has 0 saturated carbocycles. The summed E-state index contributed by atoms with van der Waals surface area (Å²) in [4.78, 5) is 23.0. The first kappa shape index (κ1) is 11.6. The van der Waals surface area contributed by atoms with E-state index in [4.69, 9.17) is 4.42 Å². The summed E-state index contributed by atoms with van der Waals surface area (Å²) < 4.78 is 5.08. The van der Waals surface area contributed by atoms with E-state index in [1.807, 2.05) is 25.1 Å². The van der Waals surface area contributed by atoms with Crippen LogP contribution in [-0.2, 0) is 11.2 Å². The van der Waals surface area contributed by atoms with E-state index in [1.54, 1.807) is 6.07 Å². The van der Waals surface area contributed by atoms with Gasteiger partial charge in [0.1, 0.15) is 11.4 Å². The SMILES string of the molecule is CCCC(=O)Cc1cc(=O)oc2ccccc12. The fraction of sp³-hybridized carbons (Fsp3) is 0.286. The van der Waals surface area contributed by atoms with E-state index in [1.165, 1.54) is 6.07 Å². The largest absolute Gasteiger partial charge is 0.423 e. The third kappa shape index (κ3) is 2.61. The minimum atomic E-state index is -0.400. The van der Waals surface area contributed by atoms with Crippen LogP contribution < -0.4 is 5.63 Å². The molecule has 0 spiro atoms. The summed E-state index contributed by atoms with van der Waals surface area (Å²) in [6.45, 7) is 1.97. The monoisotopic (exact) mass is 230 g/mol. The van der Waals surface area contributed by atoms with Gasteiger partial charge in [-0.25, -0.2) is 4.79 Å². The van der Waals surface area contributed by atoms with Crippen molar-refractivity contribution in [2.24, 2.45) is 0 Å². The Bertz CT molecular complexity index is 596. The van der Waals surface area contributed by atoms with Crippen LogP contribution >= 0.6 is 0 Å². The Morgan fingerprint density at radius 1 is 1.29 bits per heavy atom. The molecule has 0 aliphatic heterocycles. The van der Waals surface area contributed by atoms with E-state index in [2.05, 4.69) is 0 Å². The third-order valence-corrected chi connectivity index (χ3v) is 2.65. The van der Waals surface area contributed by atoms with Crippen LogP contribution in [0.15, 0.2) is 39.5 Å². The van der Waals surface area contributed by atoms with E-state index >= 15 is 0 Å². The van der Waals surface area contributed by atoms with Gasteiger partial charge in [-0.1, -0.05) is 25.1 Å². The molecule has 17 heavy (non-hydrogen) atoms.